The Morgan fingerprint density at radius 3 is 0.963 bits per heavy atom. The fraction of sp³-hybridized carbons (Fsp3) is 0.0667. The Labute approximate surface area is 767 Å². The van der Waals surface area contributed by atoms with E-state index in [1.807, 2.05) is 210 Å². The SMILES string of the molecule is Cc1ccc(-c2ccc3c4ccccc4n(-c4cc(-c5ccc(C#N)cc5C(F)(F)F)c(-n5c6ccccc6c6ccc(-c7ccc(C)c(-c8cc(C)cc(-c9ccc%10c(c9)c9cc(-c%11cccc(C)c%11)ccc9n%10-c9cc(-c%10ccc(C#N)cc%10C(F)(F)F)c(-n%10c%11ccc(-c%12cccc(C)c%12)cc%11c%11cc(-c%12cccc(C)c%12)ccc%11%10)cc9C#N)c8)c7)cc65)cc4C#N)c3c2)cc1. The fourth-order valence-electron chi connectivity index (χ4n) is 20.2. The lowest BCUT2D eigenvalue weighted by Gasteiger charge is -2.21. The largest absolute Gasteiger partial charge is 0.417 e. The van der Waals surface area contributed by atoms with Crippen LogP contribution >= 0.6 is 0 Å². The molecule has 0 amide bonds. The minimum Gasteiger partial charge on any atom is -0.309 e. The first-order valence-corrected chi connectivity index (χ1v) is 44.1. The van der Waals surface area contributed by atoms with E-state index in [9.17, 15) is 21.0 Å². The zero-order valence-electron chi connectivity index (χ0n) is 73.3. The maximum atomic E-state index is 16.3. The minimum absolute atomic E-state index is 0.163. The lowest BCUT2D eigenvalue weighted by atomic mass is 9.91. The van der Waals surface area contributed by atoms with Crippen LogP contribution in [0.2, 0.25) is 0 Å². The van der Waals surface area contributed by atoms with Crippen LogP contribution in [-0.2, 0) is 12.4 Å². The summed E-state index contributed by atoms with van der Waals surface area (Å²) in [6, 6.07) is 122. The van der Waals surface area contributed by atoms with E-state index in [2.05, 4.69) is 166 Å². The summed E-state index contributed by atoms with van der Waals surface area (Å²) in [4.78, 5) is 0. The van der Waals surface area contributed by atoms with Crippen molar-refractivity contribution in [1.82, 2.24) is 18.3 Å². The van der Waals surface area contributed by atoms with Crippen LogP contribution < -0.4 is 0 Å². The molecule has 0 aliphatic carbocycles. The monoisotopic (exact) mass is 1740 g/mol. The second-order valence-corrected chi connectivity index (χ2v) is 35.1. The fourth-order valence-corrected chi connectivity index (χ4v) is 20.2. The van der Waals surface area contributed by atoms with Gasteiger partial charge < -0.3 is 18.3 Å². The van der Waals surface area contributed by atoms with E-state index in [0.29, 0.717) is 55.8 Å². The Morgan fingerprint density at radius 2 is 0.537 bits per heavy atom. The molecule has 134 heavy (non-hydrogen) atoms. The van der Waals surface area contributed by atoms with Crippen LogP contribution in [-0.4, -0.2) is 18.3 Å². The molecule has 638 valence electrons. The third kappa shape index (κ3) is 14.0. The molecule has 0 aliphatic rings. The zero-order chi connectivity index (χ0) is 92.0. The molecule has 22 aromatic rings. The van der Waals surface area contributed by atoms with Crippen molar-refractivity contribution in [2.75, 3.05) is 0 Å². The average molecular weight is 1740 g/mol. The van der Waals surface area contributed by atoms with Crippen LogP contribution in [0.1, 0.15) is 66.8 Å². The molecule has 4 heterocycles. The van der Waals surface area contributed by atoms with Crippen LogP contribution in [0.15, 0.2) is 352 Å². The summed E-state index contributed by atoms with van der Waals surface area (Å²) >= 11 is 0. The highest BCUT2D eigenvalue weighted by molar-refractivity contribution is 6.16. The summed E-state index contributed by atoms with van der Waals surface area (Å²) in [5, 5.41) is 50.8. The Morgan fingerprint density at radius 1 is 0.201 bits per heavy atom. The number of nitriles is 4. The number of hydrogen-bond acceptors (Lipinski definition) is 4. The Bertz CT molecular complexity index is 8880. The summed E-state index contributed by atoms with van der Waals surface area (Å²) in [6.07, 6.45) is -9.87. The lowest BCUT2D eigenvalue weighted by molar-refractivity contribution is -0.137. The number of hydrogen-bond donors (Lipinski definition) is 0. The van der Waals surface area contributed by atoms with Crippen molar-refractivity contribution in [1.29, 1.82) is 21.0 Å². The number of rotatable bonds is 13. The standard InChI is InChI=1S/C120H76F6N8/c1-69-24-29-77(30-25-69)86-32-40-96-94-20-7-9-22-107(94)133(115(96)59-86)114-64-104(93-39-28-76(66-128)52-106(93)120(124,125)126)118(62-91(114)68-130)134-108-23-10-8-21-95(108)97-41-33-87(60-116(97)134)81-31-26-74(6)98(54-81)89-50-73(5)49-88(53-89)85-37-45-110-102(58-85)99-55-82(78-17-11-14-70(2)46-78)34-42-109(99)131(110)113-63-103(92-38-27-75(65-127)51-105(92)119(121,122)123)117(61-90(113)67-129)132-111-43-35-83(79-18-12-15-71(3)47-79)56-100(111)101-57-84(36-44-112(101)132)80-19-13-16-72(4)48-80/h7-64H,1-6H3. The first-order chi connectivity index (χ1) is 64.9. The second kappa shape index (κ2) is 31.8. The molecule has 0 atom stereocenters. The summed E-state index contributed by atoms with van der Waals surface area (Å²) in [6.45, 7) is 12.3. The highest BCUT2D eigenvalue weighted by atomic mass is 19.4. The number of alkyl halides is 6. The molecule has 0 saturated heterocycles. The third-order valence-electron chi connectivity index (χ3n) is 26.5. The molecule has 0 unspecified atom stereocenters. The molecule has 0 N–H and O–H groups in total. The van der Waals surface area contributed by atoms with Gasteiger partial charge in [0.1, 0.15) is 12.1 Å². The van der Waals surface area contributed by atoms with Crippen LogP contribution in [0.4, 0.5) is 26.3 Å². The van der Waals surface area contributed by atoms with Gasteiger partial charge in [0.2, 0.25) is 0 Å². The predicted molar refractivity (Wildman–Crippen MR) is 530 cm³/mol. The van der Waals surface area contributed by atoms with E-state index >= 15 is 26.3 Å². The molecule has 14 heteroatoms. The van der Waals surface area contributed by atoms with Gasteiger partial charge in [0.05, 0.1) is 112 Å². The lowest BCUT2D eigenvalue weighted by Crippen LogP contribution is -2.10. The van der Waals surface area contributed by atoms with Gasteiger partial charge >= 0.3 is 12.4 Å². The van der Waals surface area contributed by atoms with Crippen molar-refractivity contribution in [3.8, 4) is 147 Å². The predicted octanol–water partition coefficient (Wildman–Crippen LogP) is 32.5. The van der Waals surface area contributed by atoms with E-state index in [1.54, 1.807) is 24.3 Å². The highest BCUT2D eigenvalue weighted by Gasteiger charge is 2.38. The summed E-state index contributed by atoms with van der Waals surface area (Å²) < 4.78 is 105. The number of nitrogens with zero attached hydrogens (tertiary/aromatic N) is 8. The van der Waals surface area contributed by atoms with E-state index in [-0.39, 0.29) is 44.5 Å². The maximum absolute atomic E-state index is 16.3. The molecular weight excluding hydrogens is 1670 g/mol. The van der Waals surface area contributed by atoms with Gasteiger partial charge in [0.25, 0.3) is 0 Å². The van der Waals surface area contributed by atoms with Crippen molar-refractivity contribution in [2.24, 2.45) is 0 Å². The first kappa shape index (κ1) is 82.4. The Kier molecular flexibility index (Phi) is 19.6. The third-order valence-corrected chi connectivity index (χ3v) is 26.5. The van der Waals surface area contributed by atoms with Gasteiger partial charge in [0.15, 0.2) is 0 Å². The van der Waals surface area contributed by atoms with Gasteiger partial charge in [-0.25, -0.2) is 0 Å². The van der Waals surface area contributed by atoms with Crippen LogP contribution in [0, 0.1) is 86.9 Å². The molecule has 0 saturated carbocycles. The summed E-state index contributed by atoms with van der Waals surface area (Å²) in [5.74, 6) is 0. The van der Waals surface area contributed by atoms with Crippen molar-refractivity contribution in [2.45, 2.75) is 53.9 Å². The van der Waals surface area contributed by atoms with Gasteiger partial charge in [0, 0.05) is 54.2 Å². The maximum Gasteiger partial charge on any atom is 0.417 e. The number of aryl methyl sites for hydroxylation is 6. The van der Waals surface area contributed by atoms with Gasteiger partial charge in [-0.3, -0.25) is 0 Å². The number of benzene rings is 18. The first-order valence-electron chi connectivity index (χ1n) is 44.1. The number of para-hydroxylation sites is 2. The van der Waals surface area contributed by atoms with Crippen LogP contribution in [0.25, 0.3) is 210 Å². The Hall–Kier alpha value is -17.3. The average Bonchev–Trinajstić information content (AvgIpc) is 1.56. The van der Waals surface area contributed by atoms with Gasteiger partial charge in [-0.05, 0) is 275 Å². The van der Waals surface area contributed by atoms with E-state index in [1.165, 1.54) is 24.3 Å². The molecule has 0 bridgehead atoms. The summed E-state index contributed by atoms with van der Waals surface area (Å²) in [5.41, 5.74) is 24.1. The van der Waals surface area contributed by atoms with Crippen LogP contribution in [0.5, 0.6) is 0 Å². The molecule has 4 aromatic heterocycles. The Balaban J connectivity index is 0.706. The van der Waals surface area contributed by atoms with Crippen molar-refractivity contribution in [3.05, 3.63) is 419 Å². The number of aromatic nitrogens is 4. The van der Waals surface area contributed by atoms with Crippen molar-refractivity contribution in [3.63, 3.8) is 0 Å². The van der Waals surface area contributed by atoms with E-state index < -0.39 is 23.5 Å². The van der Waals surface area contributed by atoms with Gasteiger partial charge in [-0.2, -0.15) is 47.4 Å². The normalized spacial score (nSPS) is 11.9. The number of fused-ring (bicyclic) bond motifs is 12. The molecule has 0 radical (unpaired) electrons. The molecular formula is C120H76F6N8. The molecule has 0 spiro atoms. The molecule has 0 aliphatic heterocycles. The van der Waals surface area contributed by atoms with Crippen molar-refractivity contribution < 1.29 is 26.3 Å². The van der Waals surface area contributed by atoms with Crippen molar-refractivity contribution >= 4 is 87.2 Å². The molecule has 18 aromatic carbocycles. The van der Waals surface area contributed by atoms with Crippen LogP contribution in [0.3, 0.4) is 0 Å². The molecule has 22 rings (SSSR count). The number of halogens is 6. The minimum atomic E-state index is -4.94. The highest BCUT2D eigenvalue weighted by Crippen LogP contribution is 2.51. The zero-order valence-corrected chi connectivity index (χ0v) is 73.3. The summed E-state index contributed by atoms with van der Waals surface area (Å²) in [7, 11) is 0. The van der Waals surface area contributed by atoms with E-state index in [0.717, 1.165) is 178 Å². The quantitative estimate of drug-likeness (QED) is 0.107. The topological polar surface area (TPSA) is 115 Å². The smallest absolute Gasteiger partial charge is 0.309 e. The van der Waals surface area contributed by atoms with Gasteiger partial charge in [-0.15, -0.1) is 0 Å². The molecule has 0 fully saturated rings. The van der Waals surface area contributed by atoms with E-state index in [4.69, 9.17) is 0 Å². The van der Waals surface area contributed by atoms with Gasteiger partial charge in [-0.1, -0.05) is 241 Å². The second-order valence-electron chi connectivity index (χ2n) is 35.1. The molecule has 8 nitrogen and oxygen atoms in total.